The number of nitrogens with zero attached hydrogens (tertiary/aromatic N) is 5. The van der Waals surface area contributed by atoms with Gasteiger partial charge in [-0.1, -0.05) is 12.1 Å². The minimum atomic E-state index is -0.388. The summed E-state index contributed by atoms with van der Waals surface area (Å²) in [4.78, 5) is 16.5. The van der Waals surface area contributed by atoms with E-state index in [1.54, 1.807) is 35.8 Å². The number of pyridine rings is 2. The van der Waals surface area contributed by atoms with Crippen molar-refractivity contribution in [2.24, 2.45) is 0 Å². The van der Waals surface area contributed by atoms with Crippen LogP contribution in [0, 0.1) is 18.6 Å². The van der Waals surface area contributed by atoms with E-state index >= 15 is 0 Å². The quantitative estimate of drug-likeness (QED) is 0.443. The second-order valence-electron chi connectivity index (χ2n) is 7.03. The normalized spacial score (nSPS) is 11.2. The number of imidazole rings is 1. The van der Waals surface area contributed by atoms with Gasteiger partial charge in [0.05, 0.1) is 29.3 Å². The Morgan fingerprint density at radius 1 is 1.06 bits per heavy atom. The number of fused-ring (bicyclic) bond motifs is 1. The highest BCUT2D eigenvalue weighted by molar-refractivity contribution is 5.77. The van der Waals surface area contributed by atoms with Crippen LogP contribution in [0.5, 0.6) is 0 Å². The van der Waals surface area contributed by atoms with Crippen LogP contribution in [0.15, 0.2) is 61.1 Å². The molecule has 0 atom stereocenters. The summed E-state index contributed by atoms with van der Waals surface area (Å²) in [5, 5.41) is 7.20. The van der Waals surface area contributed by atoms with Crippen LogP contribution in [-0.4, -0.2) is 29.5 Å². The first-order valence-electron chi connectivity index (χ1n) is 9.58. The molecule has 31 heavy (non-hydrogen) atoms. The van der Waals surface area contributed by atoms with E-state index < -0.39 is 0 Å². The molecule has 0 spiro atoms. The minimum Gasteiger partial charge on any atom is -0.375 e. The minimum absolute atomic E-state index is 0.244. The maximum Gasteiger partial charge on any atom is 0.155 e. The van der Waals surface area contributed by atoms with Crippen molar-refractivity contribution >= 4 is 11.3 Å². The van der Waals surface area contributed by atoms with Crippen LogP contribution in [0.2, 0.25) is 0 Å². The second-order valence-corrected chi connectivity index (χ2v) is 7.03. The third-order valence-corrected chi connectivity index (χ3v) is 4.79. The second kappa shape index (κ2) is 7.60. The Hall–Kier alpha value is -4.14. The molecule has 2 N–H and O–H groups in total. The van der Waals surface area contributed by atoms with E-state index in [2.05, 4.69) is 30.4 Å². The maximum atomic E-state index is 14.1. The van der Waals surface area contributed by atoms with E-state index in [1.165, 1.54) is 24.5 Å². The summed E-state index contributed by atoms with van der Waals surface area (Å²) in [6.07, 6.45) is 3.26. The maximum absolute atomic E-state index is 14.1. The average Bonchev–Trinajstić information content (AvgIpc) is 3.39. The molecular weight excluding hydrogens is 400 g/mol. The first-order valence-corrected chi connectivity index (χ1v) is 9.58. The van der Waals surface area contributed by atoms with Gasteiger partial charge in [0, 0.05) is 23.5 Å². The van der Waals surface area contributed by atoms with Crippen LogP contribution in [0.3, 0.4) is 0 Å². The van der Waals surface area contributed by atoms with Gasteiger partial charge in [-0.05, 0) is 37.3 Å². The molecule has 0 aliphatic rings. The molecule has 9 heteroatoms. The third-order valence-electron chi connectivity index (χ3n) is 4.79. The van der Waals surface area contributed by atoms with Crippen LogP contribution >= 0.6 is 0 Å². The van der Waals surface area contributed by atoms with E-state index in [9.17, 15) is 8.78 Å². The number of para-hydroxylation sites is 1. The van der Waals surface area contributed by atoms with Gasteiger partial charge in [0.25, 0.3) is 0 Å². The van der Waals surface area contributed by atoms with E-state index in [0.29, 0.717) is 39.9 Å². The van der Waals surface area contributed by atoms with E-state index in [0.717, 1.165) is 5.56 Å². The predicted octanol–water partition coefficient (Wildman–Crippen LogP) is 4.38. The first kappa shape index (κ1) is 18.9. The fourth-order valence-corrected chi connectivity index (χ4v) is 3.40. The molecular formula is C22H17F2N7. The molecule has 5 aromatic rings. The van der Waals surface area contributed by atoms with Gasteiger partial charge in [0.2, 0.25) is 0 Å². The number of hydrogen-bond acceptors (Lipinski definition) is 5. The van der Waals surface area contributed by atoms with Crippen LogP contribution in [0.25, 0.3) is 28.3 Å². The number of halogens is 2. The van der Waals surface area contributed by atoms with Crippen LogP contribution in [0.1, 0.15) is 11.5 Å². The topological polar surface area (TPSA) is 83.8 Å². The van der Waals surface area contributed by atoms with Gasteiger partial charge < -0.3 is 10.3 Å². The standard InChI is InChI=1S/C22H17F2N7/c1-13-8-15(23)9-18(28-13)22-21(14-6-7-20-26-12-27-31(20)11-14)29-19(30-22)10-25-17-5-3-2-4-16(17)24/h2-9,11-12,25H,10H2,1H3,(H,29,30). The average molecular weight is 417 g/mol. The Labute approximate surface area is 175 Å². The molecule has 0 fully saturated rings. The predicted molar refractivity (Wildman–Crippen MR) is 112 cm³/mol. The number of aromatic nitrogens is 6. The summed E-state index contributed by atoms with van der Waals surface area (Å²) in [5.74, 6) is -0.190. The lowest BCUT2D eigenvalue weighted by molar-refractivity contribution is 0.624. The lowest BCUT2D eigenvalue weighted by Gasteiger charge is -2.05. The van der Waals surface area contributed by atoms with Gasteiger partial charge in [-0.15, -0.1) is 0 Å². The zero-order valence-corrected chi connectivity index (χ0v) is 16.5. The fourth-order valence-electron chi connectivity index (χ4n) is 3.40. The Morgan fingerprint density at radius 3 is 2.77 bits per heavy atom. The summed E-state index contributed by atoms with van der Waals surface area (Å²) in [5.41, 5.74) is 3.94. The van der Waals surface area contributed by atoms with Crippen molar-refractivity contribution in [3.05, 3.63) is 84.2 Å². The highest BCUT2D eigenvalue weighted by atomic mass is 19.1. The number of rotatable bonds is 5. The smallest absolute Gasteiger partial charge is 0.155 e. The molecule has 154 valence electrons. The number of anilines is 1. The molecule has 0 radical (unpaired) electrons. The van der Waals surface area contributed by atoms with E-state index in [-0.39, 0.29) is 18.2 Å². The monoisotopic (exact) mass is 417 g/mol. The summed E-state index contributed by atoms with van der Waals surface area (Å²) < 4.78 is 29.7. The number of H-pyrrole nitrogens is 1. The lowest BCUT2D eigenvalue weighted by atomic mass is 10.1. The molecule has 0 amide bonds. The SMILES string of the molecule is Cc1cc(F)cc(-c2[nH]c(CNc3ccccc3F)nc2-c2ccc3ncnn3c2)n1. The summed E-state index contributed by atoms with van der Waals surface area (Å²) >= 11 is 0. The van der Waals surface area contributed by atoms with Crippen molar-refractivity contribution in [1.82, 2.24) is 29.5 Å². The molecule has 0 aliphatic heterocycles. The van der Waals surface area contributed by atoms with Crippen LogP contribution in [0.4, 0.5) is 14.5 Å². The first-order chi connectivity index (χ1) is 15.1. The van der Waals surface area contributed by atoms with Gasteiger partial charge in [-0.2, -0.15) is 5.10 Å². The Bertz CT molecular complexity index is 1370. The molecule has 1 aromatic carbocycles. The molecule has 0 saturated heterocycles. The largest absolute Gasteiger partial charge is 0.375 e. The van der Waals surface area contributed by atoms with Crippen molar-refractivity contribution in [2.45, 2.75) is 13.5 Å². The summed E-state index contributed by atoms with van der Waals surface area (Å²) in [7, 11) is 0. The molecule has 0 saturated carbocycles. The Balaban J connectivity index is 1.58. The van der Waals surface area contributed by atoms with E-state index in [4.69, 9.17) is 0 Å². The van der Waals surface area contributed by atoms with Crippen molar-refractivity contribution in [1.29, 1.82) is 0 Å². The number of benzene rings is 1. The van der Waals surface area contributed by atoms with Crippen LogP contribution in [-0.2, 0) is 6.54 Å². The van der Waals surface area contributed by atoms with Gasteiger partial charge in [-0.25, -0.2) is 23.3 Å². The Kier molecular flexibility index (Phi) is 4.62. The zero-order chi connectivity index (χ0) is 21.4. The highest BCUT2D eigenvalue weighted by Crippen LogP contribution is 2.30. The van der Waals surface area contributed by atoms with Gasteiger partial charge >= 0.3 is 0 Å². The molecule has 7 nitrogen and oxygen atoms in total. The molecule has 0 unspecified atom stereocenters. The van der Waals surface area contributed by atoms with Crippen molar-refractivity contribution in [3.8, 4) is 22.6 Å². The number of aromatic amines is 1. The number of aryl methyl sites for hydroxylation is 1. The summed E-state index contributed by atoms with van der Waals surface area (Å²) in [6.45, 7) is 1.97. The van der Waals surface area contributed by atoms with Gasteiger partial charge in [0.15, 0.2) is 5.65 Å². The molecule has 5 rings (SSSR count). The molecule has 4 aromatic heterocycles. The molecule has 0 aliphatic carbocycles. The van der Waals surface area contributed by atoms with Gasteiger partial charge in [0.1, 0.15) is 23.8 Å². The number of hydrogen-bond donors (Lipinski definition) is 2. The van der Waals surface area contributed by atoms with Gasteiger partial charge in [-0.3, -0.25) is 4.98 Å². The van der Waals surface area contributed by atoms with E-state index in [1.807, 2.05) is 12.1 Å². The van der Waals surface area contributed by atoms with Crippen molar-refractivity contribution in [2.75, 3.05) is 5.32 Å². The fraction of sp³-hybridized carbons (Fsp3) is 0.0909. The molecule has 4 heterocycles. The van der Waals surface area contributed by atoms with Crippen LogP contribution < -0.4 is 5.32 Å². The lowest BCUT2D eigenvalue weighted by Crippen LogP contribution is -2.03. The number of nitrogens with one attached hydrogen (secondary N) is 2. The van der Waals surface area contributed by atoms with Crippen molar-refractivity contribution in [3.63, 3.8) is 0 Å². The van der Waals surface area contributed by atoms with Crippen molar-refractivity contribution < 1.29 is 8.78 Å². The Morgan fingerprint density at radius 2 is 1.94 bits per heavy atom. The highest BCUT2D eigenvalue weighted by Gasteiger charge is 2.17. The zero-order valence-electron chi connectivity index (χ0n) is 16.5. The molecule has 0 bridgehead atoms. The third kappa shape index (κ3) is 3.73. The summed E-state index contributed by atoms with van der Waals surface area (Å²) in [6, 6.07) is 12.8.